The lowest BCUT2D eigenvalue weighted by Gasteiger charge is -2.62. The Labute approximate surface area is 176 Å². The van der Waals surface area contributed by atoms with E-state index in [1.54, 1.807) is 30.5 Å². The van der Waals surface area contributed by atoms with E-state index in [0.717, 1.165) is 12.1 Å². The minimum absolute atomic E-state index is 0.0262. The van der Waals surface area contributed by atoms with Crippen LogP contribution in [0.5, 0.6) is 5.75 Å². The number of alkyl halides is 3. The average molecular weight is 430 g/mol. The Morgan fingerprint density at radius 1 is 1.13 bits per heavy atom. The number of pyridine rings is 1. The lowest BCUT2D eigenvalue weighted by molar-refractivity contribution is -0.192. The maximum Gasteiger partial charge on any atom is 0.417 e. The van der Waals surface area contributed by atoms with Gasteiger partial charge in [-0.05, 0) is 30.3 Å². The van der Waals surface area contributed by atoms with E-state index in [9.17, 15) is 18.0 Å². The van der Waals surface area contributed by atoms with Crippen molar-refractivity contribution in [3.63, 3.8) is 0 Å². The van der Waals surface area contributed by atoms with Gasteiger partial charge < -0.3 is 4.74 Å². The molecule has 4 rings (SSSR count). The number of rotatable bonds is 3. The zero-order valence-corrected chi connectivity index (χ0v) is 17.4. The average Bonchev–Trinajstić information content (AvgIpc) is 3.00. The number of ether oxygens (including phenoxy) is 1. The molecule has 1 aliphatic carbocycles. The fourth-order valence-corrected chi connectivity index (χ4v) is 5.22. The van der Waals surface area contributed by atoms with Gasteiger partial charge in [0.1, 0.15) is 11.9 Å². The maximum absolute atomic E-state index is 13.3. The predicted octanol–water partition coefficient (Wildman–Crippen LogP) is 4.44. The van der Waals surface area contributed by atoms with E-state index in [0.29, 0.717) is 5.65 Å². The number of aromatic nitrogens is 3. The molecular weight excluding hydrogens is 409 g/mol. The Hall–Kier alpha value is -3.28. The van der Waals surface area contributed by atoms with Crippen LogP contribution in [0.2, 0.25) is 0 Å². The van der Waals surface area contributed by atoms with Crippen LogP contribution < -0.4 is 10.4 Å². The van der Waals surface area contributed by atoms with Crippen molar-refractivity contribution in [1.82, 2.24) is 14.2 Å². The maximum atomic E-state index is 13.3. The van der Waals surface area contributed by atoms with Gasteiger partial charge in [0.2, 0.25) is 0 Å². The number of fused-ring (bicyclic) bond motifs is 1. The monoisotopic (exact) mass is 430 g/mol. The molecular formula is C22H21F3N4O2. The van der Waals surface area contributed by atoms with Crippen molar-refractivity contribution in [3.8, 4) is 11.8 Å². The molecule has 0 unspecified atom stereocenters. The fraction of sp³-hybridized carbons (Fsp3) is 0.409. The molecule has 0 aliphatic heterocycles. The lowest BCUT2D eigenvalue weighted by Crippen LogP contribution is -2.67. The smallest absolute Gasteiger partial charge is 0.417 e. The molecule has 2 aromatic heterocycles. The van der Waals surface area contributed by atoms with Crippen LogP contribution in [0.15, 0.2) is 47.4 Å². The van der Waals surface area contributed by atoms with Gasteiger partial charge in [0, 0.05) is 17.0 Å². The Kier molecular flexibility index (Phi) is 4.47. The van der Waals surface area contributed by atoms with Gasteiger partial charge in [0.25, 0.3) is 0 Å². The SMILES string of the molecule is CC1(C)C(Oc2ccc(C#N)c(C(F)(F)F)c2)C(C)(C)C1n1nc2ccccn2c1=O. The van der Waals surface area contributed by atoms with Crippen molar-refractivity contribution in [3.05, 3.63) is 64.2 Å². The second kappa shape index (κ2) is 6.61. The normalized spacial score (nSPS) is 22.0. The largest absolute Gasteiger partial charge is 0.489 e. The summed E-state index contributed by atoms with van der Waals surface area (Å²) >= 11 is 0. The minimum Gasteiger partial charge on any atom is -0.489 e. The molecule has 0 N–H and O–H groups in total. The van der Waals surface area contributed by atoms with Crippen molar-refractivity contribution in [1.29, 1.82) is 5.26 Å². The summed E-state index contributed by atoms with van der Waals surface area (Å²) < 4.78 is 48.9. The third-order valence-electron chi connectivity index (χ3n) is 6.13. The summed E-state index contributed by atoms with van der Waals surface area (Å²) in [6.07, 6.45) is -3.51. The number of benzene rings is 1. The number of nitriles is 1. The molecule has 2 heterocycles. The highest BCUT2D eigenvalue weighted by Crippen LogP contribution is 2.62. The van der Waals surface area contributed by atoms with Gasteiger partial charge in [-0.3, -0.25) is 4.40 Å². The van der Waals surface area contributed by atoms with Gasteiger partial charge >= 0.3 is 11.9 Å². The first kappa shape index (κ1) is 21.0. The van der Waals surface area contributed by atoms with Crippen LogP contribution in [0, 0.1) is 22.2 Å². The molecule has 31 heavy (non-hydrogen) atoms. The molecule has 1 aromatic carbocycles. The van der Waals surface area contributed by atoms with Gasteiger partial charge in [-0.1, -0.05) is 33.8 Å². The number of hydrogen-bond donors (Lipinski definition) is 0. The predicted molar refractivity (Wildman–Crippen MR) is 107 cm³/mol. The van der Waals surface area contributed by atoms with E-state index in [1.807, 2.05) is 27.7 Å². The molecule has 0 amide bonds. The quantitative estimate of drug-likeness (QED) is 0.616. The van der Waals surface area contributed by atoms with Crippen LogP contribution in [0.3, 0.4) is 0 Å². The standard InChI is InChI=1S/C22H21F3N4O2/c1-20(2)17(29-19(30)28-10-6-5-7-16(28)27-29)21(3,4)18(20)31-14-9-8-13(12-26)15(11-14)22(23,24)25/h5-11,17-18H,1-4H3. The van der Waals surface area contributed by atoms with Gasteiger partial charge in [0.15, 0.2) is 5.65 Å². The van der Waals surface area contributed by atoms with Gasteiger partial charge in [-0.2, -0.15) is 18.4 Å². The Morgan fingerprint density at radius 3 is 2.39 bits per heavy atom. The highest BCUT2D eigenvalue weighted by Gasteiger charge is 2.65. The van der Waals surface area contributed by atoms with Crippen LogP contribution in [0.25, 0.3) is 5.65 Å². The molecule has 0 radical (unpaired) electrons. The number of nitrogens with zero attached hydrogens (tertiary/aromatic N) is 4. The second-order valence-corrected chi connectivity index (χ2v) is 9.02. The molecule has 6 nitrogen and oxygen atoms in total. The first-order valence-corrected chi connectivity index (χ1v) is 9.73. The molecule has 1 aliphatic rings. The van der Waals surface area contributed by atoms with Crippen LogP contribution in [0.4, 0.5) is 13.2 Å². The van der Waals surface area contributed by atoms with E-state index >= 15 is 0 Å². The van der Waals surface area contributed by atoms with Crippen molar-refractivity contribution < 1.29 is 17.9 Å². The molecule has 0 bridgehead atoms. The van der Waals surface area contributed by atoms with Crippen LogP contribution >= 0.6 is 0 Å². The van der Waals surface area contributed by atoms with Crippen molar-refractivity contribution >= 4 is 5.65 Å². The van der Waals surface area contributed by atoms with E-state index in [1.165, 1.54) is 15.1 Å². The summed E-state index contributed by atoms with van der Waals surface area (Å²) in [6, 6.07) is 9.83. The Balaban J connectivity index is 1.70. The molecule has 1 fully saturated rings. The molecule has 0 saturated heterocycles. The first-order chi connectivity index (χ1) is 14.4. The molecule has 0 atom stereocenters. The van der Waals surface area contributed by atoms with Crippen molar-refractivity contribution in [2.75, 3.05) is 0 Å². The zero-order chi connectivity index (χ0) is 22.8. The third-order valence-corrected chi connectivity index (χ3v) is 6.13. The minimum atomic E-state index is -4.67. The lowest BCUT2D eigenvalue weighted by atomic mass is 9.49. The highest BCUT2D eigenvalue weighted by atomic mass is 19.4. The fourth-order valence-electron chi connectivity index (χ4n) is 5.22. The summed E-state index contributed by atoms with van der Waals surface area (Å²) in [5, 5.41) is 13.5. The molecule has 9 heteroatoms. The van der Waals surface area contributed by atoms with Crippen molar-refractivity contribution in [2.45, 2.75) is 46.0 Å². The van der Waals surface area contributed by atoms with Crippen LogP contribution in [0.1, 0.15) is 44.9 Å². The van der Waals surface area contributed by atoms with E-state index < -0.39 is 34.2 Å². The summed E-state index contributed by atoms with van der Waals surface area (Å²) in [5.41, 5.74) is -2.45. The summed E-state index contributed by atoms with van der Waals surface area (Å²) in [4.78, 5) is 12.9. The van der Waals surface area contributed by atoms with E-state index in [2.05, 4.69) is 5.10 Å². The molecule has 1 saturated carbocycles. The molecule has 162 valence electrons. The second-order valence-electron chi connectivity index (χ2n) is 9.02. The van der Waals surface area contributed by atoms with Crippen LogP contribution in [-0.2, 0) is 6.18 Å². The summed E-state index contributed by atoms with van der Waals surface area (Å²) in [7, 11) is 0. The van der Waals surface area contributed by atoms with Gasteiger partial charge in [0.05, 0.1) is 23.2 Å². The highest BCUT2D eigenvalue weighted by molar-refractivity contribution is 5.44. The number of hydrogen-bond acceptors (Lipinski definition) is 4. The Bertz CT molecular complexity index is 1250. The van der Waals surface area contributed by atoms with Crippen LogP contribution in [-0.4, -0.2) is 20.3 Å². The molecule has 3 aromatic rings. The Morgan fingerprint density at radius 2 is 1.81 bits per heavy atom. The van der Waals surface area contributed by atoms with Gasteiger partial charge in [-0.25, -0.2) is 9.48 Å². The molecule has 0 spiro atoms. The number of halogens is 3. The first-order valence-electron chi connectivity index (χ1n) is 9.73. The summed E-state index contributed by atoms with van der Waals surface area (Å²) in [5.74, 6) is 0.0262. The van der Waals surface area contributed by atoms with Gasteiger partial charge in [-0.15, -0.1) is 5.10 Å². The topological polar surface area (TPSA) is 72.3 Å². The zero-order valence-electron chi connectivity index (χ0n) is 17.4. The third kappa shape index (κ3) is 3.09. The van der Waals surface area contributed by atoms with Crippen molar-refractivity contribution in [2.24, 2.45) is 10.8 Å². The van der Waals surface area contributed by atoms with E-state index in [4.69, 9.17) is 10.00 Å². The summed E-state index contributed by atoms with van der Waals surface area (Å²) in [6.45, 7) is 7.60. The van der Waals surface area contributed by atoms with E-state index in [-0.39, 0.29) is 17.5 Å².